The molecule has 4 aromatic rings. The van der Waals surface area contributed by atoms with Gasteiger partial charge in [-0.2, -0.15) is 9.61 Å². The zero-order valence-corrected chi connectivity index (χ0v) is 16.0. The molecule has 1 aromatic carbocycles. The summed E-state index contributed by atoms with van der Waals surface area (Å²) in [5.41, 5.74) is 6.04. The molecule has 0 aliphatic heterocycles. The lowest BCUT2D eigenvalue weighted by molar-refractivity contribution is 0.876. The maximum atomic E-state index is 6.06. The Morgan fingerprint density at radius 2 is 1.96 bits per heavy atom. The maximum absolute atomic E-state index is 6.06. The molecule has 0 atom stereocenters. The first kappa shape index (κ1) is 17.5. The SMILES string of the molecule is CCc1nn2c(NCc3cccnc3)cc(C)nc2c1-c1ccc(Cl)cc1. The van der Waals surface area contributed by atoms with Crippen LogP contribution < -0.4 is 5.32 Å². The average molecular weight is 378 g/mol. The second kappa shape index (κ2) is 7.37. The third-order valence-corrected chi connectivity index (χ3v) is 4.71. The normalized spacial score (nSPS) is 11.1. The van der Waals surface area contributed by atoms with E-state index in [9.17, 15) is 0 Å². The van der Waals surface area contributed by atoms with Crippen LogP contribution in [0.5, 0.6) is 0 Å². The van der Waals surface area contributed by atoms with Crippen LogP contribution in [0.15, 0.2) is 54.9 Å². The molecule has 0 aliphatic rings. The molecule has 6 heteroatoms. The summed E-state index contributed by atoms with van der Waals surface area (Å²) in [6.45, 7) is 4.78. The van der Waals surface area contributed by atoms with Gasteiger partial charge in [0.1, 0.15) is 5.82 Å². The van der Waals surface area contributed by atoms with Gasteiger partial charge in [-0.05, 0) is 42.7 Å². The summed E-state index contributed by atoms with van der Waals surface area (Å²) in [6.07, 6.45) is 4.46. The van der Waals surface area contributed by atoms with Crippen molar-refractivity contribution in [1.82, 2.24) is 19.6 Å². The van der Waals surface area contributed by atoms with Gasteiger partial charge in [0.15, 0.2) is 5.65 Å². The summed E-state index contributed by atoms with van der Waals surface area (Å²) in [5.74, 6) is 0.913. The molecular formula is C21H20ClN5. The van der Waals surface area contributed by atoms with Crippen molar-refractivity contribution in [3.8, 4) is 11.1 Å². The van der Waals surface area contributed by atoms with Gasteiger partial charge in [-0.3, -0.25) is 4.98 Å². The molecule has 3 heterocycles. The minimum absolute atomic E-state index is 0.671. The molecule has 27 heavy (non-hydrogen) atoms. The molecule has 0 amide bonds. The largest absolute Gasteiger partial charge is 0.366 e. The molecule has 136 valence electrons. The van der Waals surface area contributed by atoms with E-state index >= 15 is 0 Å². The summed E-state index contributed by atoms with van der Waals surface area (Å²) < 4.78 is 1.89. The van der Waals surface area contributed by atoms with Crippen molar-refractivity contribution in [2.45, 2.75) is 26.8 Å². The van der Waals surface area contributed by atoms with Gasteiger partial charge in [0.25, 0.3) is 0 Å². The number of anilines is 1. The summed E-state index contributed by atoms with van der Waals surface area (Å²) in [6, 6.07) is 13.8. The highest BCUT2D eigenvalue weighted by Gasteiger charge is 2.17. The second-order valence-corrected chi connectivity index (χ2v) is 6.85. The van der Waals surface area contributed by atoms with Gasteiger partial charge in [0.05, 0.1) is 5.69 Å². The molecule has 3 aromatic heterocycles. The standard InChI is InChI=1S/C21H20ClN5/c1-3-18-20(16-6-8-17(22)9-7-16)21-25-14(2)11-19(27(21)26-18)24-13-15-5-4-10-23-12-15/h4-12,24H,3,13H2,1-2H3. The molecular weight excluding hydrogens is 358 g/mol. The van der Waals surface area contributed by atoms with Crippen molar-refractivity contribution in [2.75, 3.05) is 5.32 Å². The first-order valence-corrected chi connectivity index (χ1v) is 9.31. The Hall–Kier alpha value is -2.92. The van der Waals surface area contributed by atoms with E-state index in [0.29, 0.717) is 6.54 Å². The van der Waals surface area contributed by atoms with Gasteiger partial charge >= 0.3 is 0 Å². The van der Waals surface area contributed by atoms with Crippen molar-refractivity contribution >= 4 is 23.1 Å². The topological polar surface area (TPSA) is 55.1 Å². The van der Waals surface area contributed by atoms with E-state index in [4.69, 9.17) is 21.7 Å². The molecule has 0 radical (unpaired) electrons. The average Bonchev–Trinajstić information content (AvgIpc) is 3.06. The van der Waals surface area contributed by atoms with Crippen LogP contribution in [-0.4, -0.2) is 19.6 Å². The van der Waals surface area contributed by atoms with Crippen LogP contribution >= 0.6 is 11.6 Å². The number of aryl methyl sites for hydroxylation is 2. The first-order valence-electron chi connectivity index (χ1n) is 8.93. The van der Waals surface area contributed by atoms with Crippen LogP contribution in [-0.2, 0) is 13.0 Å². The number of aromatic nitrogens is 4. The van der Waals surface area contributed by atoms with Crippen molar-refractivity contribution in [3.63, 3.8) is 0 Å². The van der Waals surface area contributed by atoms with Gasteiger partial charge in [-0.25, -0.2) is 4.98 Å². The van der Waals surface area contributed by atoms with E-state index in [1.807, 2.05) is 60.1 Å². The minimum Gasteiger partial charge on any atom is -0.366 e. The second-order valence-electron chi connectivity index (χ2n) is 6.42. The molecule has 0 aliphatic carbocycles. The lowest BCUT2D eigenvalue weighted by atomic mass is 10.0. The van der Waals surface area contributed by atoms with E-state index in [1.165, 1.54) is 0 Å². The molecule has 0 spiro atoms. The molecule has 0 bridgehead atoms. The van der Waals surface area contributed by atoms with Crippen LogP contribution in [0.3, 0.4) is 0 Å². The Labute approximate surface area is 163 Å². The molecule has 0 saturated carbocycles. The maximum Gasteiger partial charge on any atom is 0.165 e. The number of rotatable bonds is 5. The number of pyridine rings is 1. The van der Waals surface area contributed by atoms with Crippen LogP contribution in [0, 0.1) is 6.92 Å². The number of hydrogen-bond donors (Lipinski definition) is 1. The third kappa shape index (κ3) is 3.51. The fourth-order valence-corrected chi connectivity index (χ4v) is 3.29. The van der Waals surface area contributed by atoms with Gasteiger partial charge in [0, 0.05) is 41.3 Å². The monoisotopic (exact) mass is 377 g/mol. The predicted molar refractivity (Wildman–Crippen MR) is 109 cm³/mol. The number of fused-ring (bicyclic) bond motifs is 1. The first-order chi connectivity index (χ1) is 13.2. The number of hydrogen-bond acceptors (Lipinski definition) is 4. The van der Waals surface area contributed by atoms with Crippen LogP contribution in [0.4, 0.5) is 5.82 Å². The van der Waals surface area contributed by atoms with Crippen molar-refractivity contribution in [3.05, 3.63) is 76.8 Å². The molecule has 0 unspecified atom stereocenters. The number of nitrogens with one attached hydrogen (secondary N) is 1. The van der Waals surface area contributed by atoms with Gasteiger partial charge in [0.2, 0.25) is 0 Å². The molecule has 0 saturated heterocycles. The summed E-state index contributed by atoms with van der Waals surface area (Å²) in [4.78, 5) is 8.94. The van der Waals surface area contributed by atoms with E-state index in [1.54, 1.807) is 6.20 Å². The summed E-state index contributed by atoms with van der Waals surface area (Å²) >= 11 is 6.06. The summed E-state index contributed by atoms with van der Waals surface area (Å²) in [5, 5.41) is 9.01. The Balaban J connectivity index is 1.81. The smallest absolute Gasteiger partial charge is 0.165 e. The van der Waals surface area contributed by atoms with Crippen molar-refractivity contribution in [2.24, 2.45) is 0 Å². The molecule has 5 nitrogen and oxygen atoms in total. The van der Waals surface area contributed by atoms with Gasteiger partial charge < -0.3 is 5.32 Å². The highest BCUT2D eigenvalue weighted by molar-refractivity contribution is 6.30. The number of nitrogens with zero attached hydrogens (tertiary/aromatic N) is 4. The lowest BCUT2D eigenvalue weighted by Crippen LogP contribution is -2.07. The number of benzene rings is 1. The Morgan fingerprint density at radius 1 is 1.15 bits per heavy atom. The zero-order chi connectivity index (χ0) is 18.8. The fraction of sp³-hybridized carbons (Fsp3) is 0.190. The predicted octanol–water partition coefficient (Wildman–Crippen LogP) is 4.93. The van der Waals surface area contributed by atoms with Crippen LogP contribution in [0.2, 0.25) is 5.02 Å². The lowest BCUT2D eigenvalue weighted by Gasteiger charge is -2.10. The fourth-order valence-electron chi connectivity index (χ4n) is 3.16. The minimum atomic E-state index is 0.671. The van der Waals surface area contributed by atoms with Crippen LogP contribution in [0.25, 0.3) is 16.8 Å². The molecule has 0 fully saturated rings. The summed E-state index contributed by atoms with van der Waals surface area (Å²) in [7, 11) is 0. The quantitative estimate of drug-likeness (QED) is 0.536. The molecule has 1 N–H and O–H groups in total. The van der Waals surface area contributed by atoms with Crippen molar-refractivity contribution in [1.29, 1.82) is 0 Å². The van der Waals surface area contributed by atoms with E-state index in [-0.39, 0.29) is 0 Å². The number of halogens is 1. The molecule has 4 rings (SSSR count). The Kier molecular flexibility index (Phi) is 4.77. The zero-order valence-electron chi connectivity index (χ0n) is 15.3. The van der Waals surface area contributed by atoms with Crippen molar-refractivity contribution < 1.29 is 0 Å². The van der Waals surface area contributed by atoms with E-state index < -0.39 is 0 Å². The van der Waals surface area contributed by atoms with Gasteiger partial charge in [-0.1, -0.05) is 36.7 Å². The third-order valence-electron chi connectivity index (χ3n) is 4.45. The highest BCUT2D eigenvalue weighted by atomic mass is 35.5. The van der Waals surface area contributed by atoms with E-state index in [2.05, 4.69) is 17.2 Å². The Bertz CT molecular complexity index is 1070. The Morgan fingerprint density at radius 3 is 2.67 bits per heavy atom. The highest BCUT2D eigenvalue weighted by Crippen LogP contribution is 2.31. The van der Waals surface area contributed by atoms with Gasteiger partial charge in [-0.15, -0.1) is 0 Å². The van der Waals surface area contributed by atoms with Crippen LogP contribution in [0.1, 0.15) is 23.9 Å². The van der Waals surface area contributed by atoms with E-state index in [0.717, 1.165) is 51.0 Å².